The number of unbranched alkanes of at least 4 members (excludes halogenated alkanes) is 1. The number of aliphatic imine (C=N–C) groups is 1. The minimum absolute atomic E-state index is 0.0618. The molecule has 29 heavy (non-hydrogen) atoms. The summed E-state index contributed by atoms with van der Waals surface area (Å²) in [7, 11) is 5.29. The number of guanidine groups is 1. The van der Waals surface area contributed by atoms with E-state index in [1.54, 1.807) is 29.9 Å². The topological polar surface area (TPSA) is 75.0 Å². The molecule has 1 saturated heterocycles. The van der Waals surface area contributed by atoms with E-state index in [0.717, 1.165) is 49.7 Å². The van der Waals surface area contributed by atoms with Crippen LogP contribution in [0.1, 0.15) is 18.4 Å². The van der Waals surface area contributed by atoms with Crippen molar-refractivity contribution in [2.75, 3.05) is 45.2 Å². The number of methoxy groups -OCH3 is 1. The molecule has 1 aliphatic heterocycles. The first-order chi connectivity index (χ1) is 14.1. The number of nitrogens with zero attached hydrogens (tertiary/aromatic N) is 5. The maximum Gasteiger partial charge on any atom is 0.246 e. The van der Waals surface area contributed by atoms with Crippen molar-refractivity contribution in [2.45, 2.75) is 19.3 Å². The van der Waals surface area contributed by atoms with Crippen LogP contribution in [0.15, 0.2) is 41.7 Å². The van der Waals surface area contributed by atoms with Crippen LogP contribution in [0.5, 0.6) is 5.75 Å². The molecule has 0 saturated carbocycles. The van der Waals surface area contributed by atoms with Crippen LogP contribution in [0.25, 0.3) is 0 Å². The van der Waals surface area contributed by atoms with E-state index in [2.05, 4.69) is 27.5 Å². The maximum absolute atomic E-state index is 12.6. The lowest BCUT2D eigenvalue weighted by atomic mass is 10.1. The molecule has 0 aliphatic carbocycles. The number of aryl methyl sites for hydroxylation is 2. The Morgan fingerprint density at radius 1 is 1.24 bits per heavy atom. The molecule has 0 spiro atoms. The monoisotopic (exact) mass is 398 g/mol. The molecule has 1 aromatic heterocycles. The van der Waals surface area contributed by atoms with E-state index >= 15 is 0 Å². The number of carbonyl (C=O) groups excluding carboxylic acids is 1. The Balaban J connectivity index is 1.40. The fourth-order valence-electron chi connectivity index (χ4n) is 3.45. The third kappa shape index (κ3) is 5.49. The highest BCUT2D eigenvalue weighted by molar-refractivity contribution is 5.98. The molecule has 1 N–H and O–H groups in total. The Morgan fingerprint density at radius 3 is 2.66 bits per heavy atom. The lowest BCUT2D eigenvalue weighted by Crippen LogP contribution is -2.55. The summed E-state index contributed by atoms with van der Waals surface area (Å²) in [6.07, 6.45) is 6.75. The van der Waals surface area contributed by atoms with Gasteiger partial charge in [-0.25, -0.2) is 0 Å². The van der Waals surface area contributed by atoms with Gasteiger partial charge in [-0.3, -0.25) is 14.5 Å². The summed E-state index contributed by atoms with van der Waals surface area (Å²) >= 11 is 0. The van der Waals surface area contributed by atoms with E-state index in [9.17, 15) is 4.79 Å². The molecular weight excluding hydrogens is 368 g/mol. The van der Waals surface area contributed by atoms with Gasteiger partial charge in [-0.05, 0) is 37.0 Å². The smallest absolute Gasteiger partial charge is 0.246 e. The first kappa shape index (κ1) is 20.7. The van der Waals surface area contributed by atoms with Gasteiger partial charge in [0.1, 0.15) is 12.3 Å². The fraction of sp³-hybridized carbons (Fsp3) is 0.476. The molecule has 2 heterocycles. The normalized spacial score (nSPS) is 15.0. The number of aromatic nitrogens is 2. The van der Waals surface area contributed by atoms with Gasteiger partial charge in [0.2, 0.25) is 5.91 Å². The average Bonchev–Trinajstić information content (AvgIpc) is 3.17. The Kier molecular flexibility index (Phi) is 7.10. The van der Waals surface area contributed by atoms with Gasteiger partial charge in [0, 0.05) is 39.9 Å². The number of hydrogen-bond donors (Lipinski definition) is 1. The molecular formula is C21H30N6O2. The Hall–Kier alpha value is -3.03. The molecule has 0 atom stereocenters. The molecule has 1 aliphatic rings. The van der Waals surface area contributed by atoms with Crippen LogP contribution in [-0.4, -0.2) is 66.9 Å². The van der Waals surface area contributed by atoms with Crippen LogP contribution in [-0.2, 0) is 18.3 Å². The van der Waals surface area contributed by atoms with Crippen molar-refractivity contribution in [3.05, 3.63) is 42.2 Å². The Bertz CT molecular complexity index is 830. The second kappa shape index (κ2) is 9.95. The highest BCUT2D eigenvalue weighted by atomic mass is 16.5. The Morgan fingerprint density at radius 2 is 2.03 bits per heavy atom. The second-order valence-electron chi connectivity index (χ2n) is 7.12. The fourth-order valence-corrected chi connectivity index (χ4v) is 3.45. The van der Waals surface area contributed by atoms with E-state index in [1.807, 2.05) is 30.3 Å². The molecule has 8 nitrogen and oxygen atoms in total. The summed E-state index contributed by atoms with van der Waals surface area (Å²) in [6.45, 7) is 2.52. The number of piperazine rings is 1. The summed E-state index contributed by atoms with van der Waals surface area (Å²) in [5.74, 6) is 1.73. The van der Waals surface area contributed by atoms with Gasteiger partial charge in [0.25, 0.3) is 0 Å². The van der Waals surface area contributed by atoms with Crippen molar-refractivity contribution in [2.24, 2.45) is 12.0 Å². The van der Waals surface area contributed by atoms with Crippen molar-refractivity contribution in [3.8, 4) is 5.75 Å². The van der Waals surface area contributed by atoms with Crippen LogP contribution in [0.2, 0.25) is 0 Å². The lowest BCUT2D eigenvalue weighted by Gasteiger charge is -2.35. The number of amides is 1. The lowest BCUT2D eigenvalue weighted by molar-refractivity contribution is -0.120. The number of rotatable bonds is 7. The minimum Gasteiger partial charge on any atom is -0.497 e. The molecule has 156 valence electrons. The van der Waals surface area contributed by atoms with Gasteiger partial charge in [-0.2, -0.15) is 5.10 Å². The Labute approximate surface area is 172 Å². The van der Waals surface area contributed by atoms with E-state index in [1.165, 1.54) is 5.56 Å². The summed E-state index contributed by atoms with van der Waals surface area (Å²) in [6, 6.07) is 8.21. The van der Waals surface area contributed by atoms with Crippen LogP contribution >= 0.6 is 0 Å². The second-order valence-corrected chi connectivity index (χ2v) is 7.12. The van der Waals surface area contributed by atoms with Crippen molar-refractivity contribution in [3.63, 3.8) is 0 Å². The first-order valence-corrected chi connectivity index (χ1v) is 9.98. The van der Waals surface area contributed by atoms with Crippen LogP contribution < -0.4 is 15.0 Å². The average molecular weight is 399 g/mol. The van der Waals surface area contributed by atoms with Gasteiger partial charge < -0.3 is 19.9 Å². The largest absolute Gasteiger partial charge is 0.497 e. The van der Waals surface area contributed by atoms with Crippen molar-refractivity contribution >= 4 is 17.6 Å². The molecule has 1 amide bonds. The van der Waals surface area contributed by atoms with Gasteiger partial charge in [-0.15, -0.1) is 0 Å². The van der Waals surface area contributed by atoms with Crippen LogP contribution in [0, 0.1) is 0 Å². The SMILES string of the molecule is CN=C(NCCCCc1ccc(OC)cc1)N1CCN(c2cnn(C)c2)C(=O)C1. The molecule has 1 aromatic carbocycles. The zero-order valence-electron chi connectivity index (χ0n) is 17.5. The number of hydrogen-bond acceptors (Lipinski definition) is 4. The predicted octanol–water partition coefficient (Wildman–Crippen LogP) is 1.68. The van der Waals surface area contributed by atoms with Crippen molar-refractivity contribution in [1.82, 2.24) is 20.0 Å². The minimum atomic E-state index is 0.0618. The summed E-state index contributed by atoms with van der Waals surface area (Å²) in [5.41, 5.74) is 2.16. The summed E-state index contributed by atoms with van der Waals surface area (Å²) in [5, 5.41) is 7.54. The van der Waals surface area contributed by atoms with Crippen LogP contribution in [0.3, 0.4) is 0 Å². The number of ether oxygens (including phenoxy) is 1. The van der Waals surface area contributed by atoms with Gasteiger partial charge in [0.05, 0.1) is 19.0 Å². The van der Waals surface area contributed by atoms with E-state index in [0.29, 0.717) is 13.1 Å². The molecule has 0 bridgehead atoms. The van der Waals surface area contributed by atoms with Gasteiger partial charge in [0.15, 0.2) is 5.96 Å². The summed E-state index contributed by atoms with van der Waals surface area (Å²) in [4.78, 5) is 20.7. The predicted molar refractivity (Wildman–Crippen MR) is 114 cm³/mol. The third-order valence-corrected chi connectivity index (χ3v) is 5.07. The number of benzene rings is 1. The van der Waals surface area contributed by atoms with Gasteiger partial charge in [-0.1, -0.05) is 12.1 Å². The molecule has 3 rings (SSSR count). The zero-order chi connectivity index (χ0) is 20.6. The van der Waals surface area contributed by atoms with Crippen LogP contribution in [0.4, 0.5) is 5.69 Å². The summed E-state index contributed by atoms with van der Waals surface area (Å²) < 4.78 is 6.90. The van der Waals surface area contributed by atoms with Gasteiger partial charge >= 0.3 is 0 Å². The molecule has 8 heteroatoms. The molecule has 2 aromatic rings. The standard InChI is InChI=1S/C21H30N6O2/c1-22-21(23-11-5-4-6-17-7-9-19(29-3)10-8-17)26-12-13-27(20(28)16-26)18-14-24-25(2)15-18/h7-10,14-15H,4-6,11-13,16H2,1-3H3,(H,22,23). The highest BCUT2D eigenvalue weighted by Gasteiger charge is 2.27. The van der Waals surface area contributed by atoms with E-state index < -0.39 is 0 Å². The number of carbonyl (C=O) groups is 1. The molecule has 0 unspecified atom stereocenters. The van der Waals surface area contributed by atoms with Crippen molar-refractivity contribution in [1.29, 1.82) is 0 Å². The quantitative estimate of drug-likeness (QED) is 0.436. The molecule has 1 fully saturated rings. The zero-order valence-corrected chi connectivity index (χ0v) is 17.5. The first-order valence-electron chi connectivity index (χ1n) is 9.98. The molecule has 0 radical (unpaired) electrons. The van der Waals surface area contributed by atoms with Crippen molar-refractivity contribution < 1.29 is 9.53 Å². The maximum atomic E-state index is 12.6. The number of anilines is 1. The van der Waals surface area contributed by atoms with E-state index in [-0.39, 0.29) is 5.91 Å². The van der Waals surface area contributed by atoms with E-state index in [4.69, 9.17) is 4.74 Å². The third-order valence-electron chi connectivity index (χ3n) is 5.07. The number of nitrogens with one attached hydrogen (secondary N) is 1. The highest BCUT2D eigenvalue weighted by Crippen LogP contribution is 2.16.